The highest BCUT2D eigenvalue weighted by molar-refractivity contribution is 8.14. The van der Waals surface area contributed by atoms with Crippen LogP contribution in [0.25, 0.3) is 0 Å². The number of rotatable bonds is 4. The molecule has 0 unspecified atom stereocenters. The molecule has 0 aliphatic carbocycles. The van der Waals surface area contributed by atoms with E-state index >= 15 is 0 Å². The zero-order valence-corrected chi connectivity index (χ0v) is 11.7. The standard InChI is InChI=1S/C12H19N5OS/c1(6-17-7-5-14-16-17)4-13-11-15-12(10-19-11)2-8-18-9-3-12/h5,7H,1-4,6,8-10H2,(H,13,15). The van der Waals surface area contributed by atoms with Gasteiger partial charge in [0.1, 0.15) is 0 Å². The Bertz CT molecular complexity index is 427. The molecule has 19 heavy (non-hydrogen) atoms. The molecule has 0 atom stereocenters. The Morgan fingerprint density at radius 1 is 1.47 bits per heavy atom. The van der Waals surface area contributed by atoms with Gasteiger partial charge >= 0.3 is 0 Å². The van der Waals surface area contributed by atoms with Gasteiger partial charge in [-0.25, -0.2) is 0 Å². The highest BCUT2D eigenvalue weighted by Gasteiger charge is 2.38. The molecule has 2 aliphatic heterocycles. The summed E-state index contributed by atoms with van der Waals surface area (Å²) in [7, 11) is 0. The van der Waals surface area contributed by atoms with E-state index in [9.17, 15) is 0 Å². The predicted octanol–water partition coefficient (Wildman–Crippen LogP) is 0.910. The largest absolute Gasteiger partial charge is 0.381 e. The Morgan fingerprint density at radius 2 is 2.37 bits per heavy atom. The van der Waals surface area contributed by atoms with Crippen LogP contribution in [0, 0.1) is 0 Å². The van der Waals surface area contributed by atoms with Gasteiger partial charge in [0, 0.05) is 38.3 Å². The van der Waals surface area contributed by atoms with E-state index < -0.39 is 0 Å². The summed E-state index contributed by atoms with van der Waals surface area (Å²) in [6.45, 7) is 3.45. The van der Waals surface area contributed by atoms with Crippen LogP contribution in [-0.4, -0.2) is 51.2 Å². The lowest BCUT2D eigenvalue weighted by atomic mass is 9.93. The van der Waals surface area contributed by atoms with E-state index in [1.54, 1.807) is 6.20 Å². The molecule has 1 spiro atoms. The van der Waals surface area contributed by atoms with Crippen LogP contribution >= 0.6 is 11.8 Å². The predicted molar refractivity (Wildman–Crippen MR) is 75.3 cm³/mol. The van der Waals surface area contributed by atoms with Crippen molar-refractivity contribution in [2.45, 2.75) is 31.3 Å². The van der Waals surface area contributed by atoms with Gasteiger partial charge in [-0.2, -0.15) is 0 Å². The fourth-order valence-electron chi connectivity index (χ4n) is 2.39. The van der Waals surface area contributed by atoms with E-state index in [1.807, 2.05) is 22.6 Å². The minimum absolute atomic E-state index is 0.244. The van der Waals surface area contributed by atoms with Gasteiger partial charge in [0.2, 0.25) is 0 Å². The van der Waals surface area contributed by atoms with E-state index in [-0.39, 0.29) is 5.54 Å². The number of hydrogen-bond acceptors (Lipinski definition) is 5. The van der Waals surface area contributed by atoms with Crippen molar-refractivity contribution in [3.05, 3.63) is 12.4 Å². The highest BCUT2D eigenvalue weighted by Crippen LogP contribution is 2.31. The molecule has 6 nitrogen and oxygen atoms in total. The lowest BCUT2D eigenvalue weighted by Gasteiger charge is -2.32. The van der Waals surface area contributed by atoms with Crippen LogP contribution in [0.1, 0.15) is 19.3 Å². The number of aromatic nitrogens is 3. The van der Waals surface area contributed by atoms with Gasteiger partial charge in [0.05, 0.1) is 11.7 Å². The second-order valence-electron chi connectivity index (χ2n) is 5.01. The molecule has 0 saturated carbocycles. The molecule has 0 bridgehead atoms. The fraction of sp³-hybridized carbons (Fsp3) is 0.750. The molecule has 1 aromatic heterocycles. The Hall–Kier alpha value is -1.08. The SMILES string of the molecule is c1cn(CCCN=C2NC3(CCOCC3)CS2)nn1. The molecule has 104 valence electrons. The van der Waals surface area contributed by atoms with E-state index in [4.69, 9.17) is 4.74 Å². The number of amidine groups is 1. The molecule has 0 amide bonds. The molecular formula is C12H19N5OS. The summed E-state index contributed by atoms with van der Waals surface area (Å²) >= 11 is 1.84. The molecule has 0 radical (unpaired) electrons. The summed E-state index contributed by atoms with van der Waals surface area (Å²) in [6, 6.07) is 0. The lowest BCUT2D eigenvalue weighted by molar-refractivity contribution is 0.0555. The van der Waals surface area contributed by atoms with Crippen LogP contribution in [0.4, 0.5) is 0 Å². The molecule has 1 N–H and O–H groups in total. The number of nitrogens with zero attached hydrogens (tertiary/aromatic N) is 4. The molecule has 2 aliphatic rings. The van der Waals surface area contributed by atoms with Crippen molar-refractivity contribution in [2.24, 2.45) is 4.99 Å². The van der Waals surface area contributed by atoms with Crippen molar-refractivity contribution in [3.63, 3.8) is 0 Å². The van der Waals surface area contributed by atoms with Crippen molar-refractivity contribution >= 4 is 16.9 Å². The molecule has 7 heteroatoms. The third-order valence-corrected chi connectivity index (χ3v) is 4.78. The van der Waals surface area contributed by atoms with Gasteiger partial charge in [-0.05, 0) is 19.3 Å². The van der Waals surface area contributed by atoms with Crippen molar-refractivity contribution in [3.8, 4) is 0 Å². The third kappa shape index (κ3) is 3.27. The Balaban J connectivity index is 1.44. The second kappa shape index (κ2) is 5.92. The van der Waals surface area contributed by atoms with Gasteiger partial charge in [-0.1, -0.05) is 17.0 Å². The number of thioether (sulfide) groups is 1. The first-order valence-electron chi connectivity index (χ1n) is 6.74. The first kappa shape index (κ1) is 12.9. The molecule has 3 heterocycles. The summed E-state index contributed by atoms with van der Waals surface area (Å²) < 4.78 is 7.27. The van der Waals surface area contributed by atoms with Crippen LogP contribution < -0.4 is 5.32 Å². The van der Waals surface area contributed by atoms with Gasteiger partial charge in [0.15, 0.2) is 5.17 Å². The average molecular weight is 281 g/mol. The Morgan fingerprint density at radius 3 is 3.16 bits per heavy atom. The Kier molecular flexibility index (Phi) is 4.03. The first-order chi connectivity index (χ1) is 9.36. The highest BCUT2D eigenvalue weighted by atomic mass is 32.2. The van der Waals surface area contributed by atoms with E-state index in [0.29, 0.717) is 0 Å². The number of hydrogen-bond donors (Lipinski definition) is 1. The minimum atomic E-state index is 0.244. The number of aryl methyl sites for hydroxylation is 1. The van der Waals surface area contributed by atoms with Gasteiger partial charge in [0.25, 0.3) is 0 Å². The van der Waals surface area contributed by atoms with Crippen LogP contribution in [0.15, 0.2) is 17.4 Å². The van der Waals surface area contributed by atoms with Crippen molar-refractivity contribution in [1.82, 2.24) is 20.3 Å². The van der Waals surface area contributed by atoms with E-state index in [0.717, 1.165) is 56.5 Å². The summed E-state index contributed by atoms with van der Waals surface area (Å²) in [5, 5.41) is 12.4. The maximum Gasteiger partial charge on any atom is 0.157 e. The average Bonchev–Trinajstić information content (AvgIpc) is 3.07. The molecule has 2 saturated heterocycles. The van der Waals surface area contributed by atoms with Gasteiger partial charge < -0.3 is 10.1 Å². The maximum atomic E-state index is 5.43. The molecule has 1 aromatic rings. The van der Waals surface area contributed by atoms with Crippen LogP contribution in [-0.2, 0) is 11.3 Å². The fourth-order valence-corrected chi connectivity index (χ4v) is 3.63. The molecular weight excluding hydrogens is 262 g/mol. The van der Waals surface area contributed by atoms with Gasteiger partial charge in [-0.15, -0.1) is 5.10 Å². The molecule has 0 aromatic carbocycles. The number of aliphatic imine (C=N–C) groups is 1. The summed E-state index contributed by atoms with van der Waals surface area (Å²) in [4.78, 5) is 4.64. The third-order valence-electron chi connectivity index (χ3n) is 3.58. The topological polar surface area (TPSA) is 64.3 Å². The summed E-state index contributed by atoms with van der Waals surface area (Å²) in [5.74, 6) is 1.12. The van der Waals surface area contributed by atoms with Crippen molar-refractivity contribution in [1.29, 1.82) is 0 Å². The monoisotopic (exact) mass is 281 g/mol. The quantitative estimate of drug-likeness (QED) is 0.831. The molecule has 2 fully saturated rings. The zero-order chi connectivity index (χ0) is 13.0. The summed E-state index contributed by atoms with van der Waals surface area (Å²) in [6.07, 6.45) is 6.77. The number of nitrogens with one attached hydrogen (secondary N) is 1. The lowest BCUT2D eigenvalue weighted by Crippen LogP contribution is -2.48. The molecule has 3 rings (SSSR count). The smallest absolute Gasteiger partial charge is 0.157 e. The minimum Gasteiger partial charge on any atom is -0.381 e. The zero-order valence-electron chi connectivity index (χ0n) is 10.9. The first-order valence-corrected chi connectivity index (χ1v) is 7.72. The maximum absolute atomic E-state index is 5.43. The van der Waals surface area contributed by atoms with Gasteiger partial charge in [-0.3, -0.25) is 9.67 Å². The Labute approximate surface area is 117 Å². The summed E-state index contributed by atoms with van der Waals surface area (Å²) in [5.41, 5.74) is 0.244. The second-order valence-corrected chi connectivity index (χ2v) is 5.98. The van der Waals surface area contributed by atoms with Crippen LogP contribution in [0.3, 0.4) is 0 Å². The van der Waals surface area contributed by atoms with Crippen molar-refractivity contribution in [2.75, 3.05) is 25.5 Å². The van der Waals surface area contributed by atoms with Crippen LogP contribution in [0.5, 0.6) is 0 Å². The number of ether oxygens (including phenoxy) is 1. The van der Waals surface area contributed by atoms with E-state index in [2.05, 4.69) is 20.6 Å². The van der Waals surface area contributed by atoms with Crippen LogP contribution in [0.2, 0.25) is 0 Å². The van der Waals surface area contributed by atoms with Crippen molar-refractivity contribution < 1.29 is 4.74 Å². The normalized spacial score (nSPS) is 23.9. The van der Waals surface area contributed by atoms with E-state index in [1.165, 1.54) is 0 Å².